The van der Waals surface area contributed by atoms with Crippen LogP contribution in [0.2, 0.25) is 5.02 Å². The quantitative estimate of drug-likeness (QED) is 0.566. The average Bonchev–Trinajstić information content (AvgIpc) is 3.24. The van der Waals surface area contributed by atoms with Gasteiger partial charge in [0.25, 0.3) is 5.91 Å². The molecule has 1 aliphatic rings. The summed E-state index contributed by atoms with van der Waals surface area (Å²) in [6.07, 6.45) is 5.30. The molecule has 0 radical (unpaired) electrons. The van der Waals surface area contributed by atoms with E-state index in [1.165, 1.54) is 22.5 Å². The second-order valence-electron chi connectivity index (χ2n) is 8.42. The van der Waals surface area contributed by atoms with E-state index in [0.29, 0.717) is 25.6 Å². The van der Waals surface area contributed by atoms with Crippen molar-refractivity contribution in [2.24, 2.45) is 5.92 Å². The van der Waals surface area contributed by atoms with Crippen LogP contribution in [-0.2, 0) is 16.6 Å². The van der Waals surface area contributed by atoms with E-state index in [-0.39, 0.29) is 15.5 Å². The Bertz CT molecular complexity index is 1250. The Balaban J connectivity index is 1.45. The first kappa shape index (κ1) is 23.5. The highest BCUT2D eigenvalue weighted by Crippen LogP contribution is 2.26. The van der Waals surface area contributed by atoms with Crippen molar-refractivity contribution in [1.29, 1.82) is 0 Å². The van der Waals surface area contributed by atoms with Crippen molar-refractivity contribution in [2.45, 2.75) is 38.1 Å². The van der Waals surface area contributed by atoms with E-state index in [1.807, 2.05) is 42.0 Å². The van der Waals surface area contributed by atoms with E-state index >= 15 is 0 Å². The van der Waals surface area contributed by atoms with Crippen LogP contribution >= 0.6 is 11.6 Å². The summed E-state index contributed by atoms with van der Waals surface area (Å²) < 4.78 is 29.6. The summed E-state index contributed by atoms with van der Waals surface area (Å²) in [7, 11) is -3.67. The number of halogens is 1. The Kier molecular flexibility index (Phi) is 6.88. The van der Waals surface area contributed by atoms with Gasteiger partial charge in [0.2, 0.25) is 10.0 Å². The van der Waals surface area contributed by atoms with Gasteiger partial charge in [-0.25, -0.2) is 13.4 Å². The lowest BCUT2D eigenvalue weighted by Crippen LogP contribution is -2.38. The number of imidazole rings is 1. The SMILES string of the molecule is Cc1nccn1-c1ccc(CNC(=O)c2cc(S(=O)(=O)N3CCC(C)CC3)ccc2Cl)cc1. The minimum absolute atomic E-state index is 0.0895. The molecule has 33 heavy (non-hydrogen) atoms. The molecule has 9 heteroatoms. The number of carbonyl (C=O) groups excluding carboxylic acids is 1. The van der Waals surface area contributed by atoms with Crippen LogP contribution in [-0.4, -0.2) is 41.3 Å². The van der Waals surface area contributed by atoms with E-state index < -0.39 is 15.9 Å². The van der Waals surface area contributed by atoms with Gasteiger partial charge in [-0.15, -0.1) is 0 Å². The lowest BCUT2D eigenvalue weighted by molar-refractivity contribution is 0.0951. The number of aryl methyl sites for hydroxylation is 1. The zero-order chi connectivity index (χ0) is 23.6. The number of amides is 1. The van der Waals surface area contributed by atoms with E-state index in [1.54, 1.807) is 6.20 Å². The third-order valence-electron chi connectivity index (χ3n) is 6.06. The van der Waals surface area contributed by atoms with Gasteiger partial charge in [0.1, 0.15) is 5.82 Å². The van der Waals surface area contributed by atoms with Crippen LogP contribution in [0.5, 0.6) is 0 Å². The van der Waals surface area contributed by atoms with Crippen molar-refractivity contribution < 1.29 is 13.2 Å². The fourth-order valence-electron chi connectivity index (χ4n) is 3.92. The maximum absolute atomic E-state index is 13.1. The molecule has 1 aromatic heterocycles. The fourth-order valence-corrected chi connectivity index (χ4v) is 5.62. The van der Waals surface area contributed by atoms with Crippen LogP contribution in [0, 0.1) is 12.8 Å². The molecular weight excluding hydrogens is 460 g/mol. The van der Waals surface area contributed by atoms with E-state index in [0.717, 1.165) is 29.9 Å². The van der Waals surface area contributed by atoms with E-state index in [9.17, 15) is 13.2 Å². The highest BCUT2D eigenvalue weighted by molar-refractivity contribution is 7.89. The topological polar surface area (TPSA) is 84.3 Å². The largest absolute Gasteiger partial charge is 0.348 e. The molecule has 7 nitrogen and oxygen atoms in total. The van der Waals surface area contributed by atoms with Crippen LogP contribution in [0.1, 0.15) is 41.5 Å². The molecule has 4 rings (SSSR count). The smallest absolute Gasteiger partial charge is 0.253 e. The normalized spacial score (nSPS) is 15.5. The van der Waals surface area contributed by atoms with Crippen molar-refractivity contribution in [3.05, 3.63) is 76.8 Å². The standard InChI is InChI=1S/C24H27ClN4O3S/c1-17-9-12-28(13-10-17)33(31,32)21-7-8-23(25)22(15-21)24(30)27-16-19-3-5-20(6-4-19)29-14-11-26-18(29)2/h3-8,11,14-15,17H,9-10,12-13,16H2,1-2H3,(H,27,30). The molecule has 0 atom stereocenters. The Morgan fingerprint density at radius 1 is 1.15 bits per heavy atom. The number of benzene rings is 2. The lowest BCUT2D eigenvalue weighted by atomic mass is 10.0. The number of nitrogens with one attached hydrogen (secondary N) is 1. The van der Waals surface area contributed by atoms with Crippen molar-refractivity contribution in [2.75, 3.05) is 13.1 Å². The molecule has 2 heterocycles. The summed E-state index contributed by atoms with van der Waals surface area (Å²) in [5.41, 5.74) is 2.04. The van der Waals surface area contributed by atoms with Gasteiger partial charge >= 0.3 is 0 Å². The van der Waals surface area contributed by atoms with E-state index in [4.69, 9.17) is 11.6 Å². The maximum atomic E-state index is 13.1. The van der Waals surface area contributed by atoms with Gasteiger partial charge in [0.15, 0.2) is 0 Å². The van der Waals surface area contributed by atoms with Gasteiger partial charge in [0, 0.05) is 37.7 Å². The van der Waals surface area contributed by atoms with Crippen LogP contribution in [0.4, 0.5) is 0 Å². The summed E-state index contributed by atoms with van der Waals surface area (Å²) in [5, 5.41) is 3.05. The predicted octanol–water partition coefficient (Wildman–Crippen LogP) is 4.18. The molecule has 0 spiro atoms. The second-order valence-corrected chi connectivity index (χ2v) is 10.8. The first-order valence-corrected chi connectivity index (χ1v) is 12.7. The Morgan fingerprint density at radius 2 is 1.85 bits per heavy atom. The number of aromatic nitrogens is 2. The molecule has 1 aliphatic heterocycles. The Labute approximate surface area is 199 Å². The molecule has 0 saturated carbocycles. The highest BCUT2D eigenvalue weighted by Gasteiger charge is 2.29. The van der Waals surface area contributed by atoms with Crippen molar-refractivity contribution >= 4 is 27.5 Å². The van der Waals surface area contributed by atoms with Crippen LogP contribution in [0.15, 0.2) is 59.8 Å². The van der Waals surface area contributed by atoms with Gasteiger partial charge in [0.05, 0.1) is 15.5 Å². The van der Waals surface area contributed by atoms with E-state index in [2.05, 4.69) is 17.2 Å². The zero-order valence-electron chi connectivity index (χ0n) is 18.7. The molecule has 1 N–H and O–H groups in total. The maximum Gasteiger partial charge on any atom is 0.253 e. The molecule has 2 aromatic carbocycles. The van der Waals surface area contributed by atoms with Crippen molar-refractivity contribution in [1.82, 2.24) is 19.2 Å². The minimum atomic E-state index is -3.67. The molecule has 0 bridgehead atoms. The first-order chi connectivity index (χ1) is 15.8. The molecule has 1 fully saturated rings. The number of hydrogen-bond acceptors (Lipinski definition) is 4. The molecule has 0 aliphatic carbocycles. The number of hydrogen-bond donors (Lipinski definition) is 1. The monoisotopic (exact) mass is 486 g/mol. The van der Waals surface area contributed by atoms with Crippen LogP contribution in [0.25, 0.3) is 5.69 Å². The average molecular weight is 487 g/mol. The summed E-state index contributed by atoms with van der Waals surface area (Å²) >= 11 is 6.24. The van der Waals surface area contributed by atoms with Gasteiger partial charge < -0.3 is 9.88 Å². The third-order valence-corrected chi connectivity index (χ3v) is 8.28. The van der Waals surface area contributed by atoms with Crippen LogP contribution in [0.3, 0.4) is 0 Å². The second kappa shape index (κ2) is 9.67. The van der Waals surface area contributed by atoms with Crippen molar-refractivity contribution in [3.8, 4) is 5.69 Å². The fraction of sp³-hybridized carbons (Fsp3) is 0.333. The summed E-state index contributed by atoms with van der Waals surface area (Å²) in [6, 6.07) is 12.1. The van der Waals surface area contributed by atoms with Gasteiger partial charge in [-0.05, 0) is 61.6 Å². The number of piperidine rings is 1. The Hall–Kier alpha value is -2.68. The predicted molar refractivity (Wildman–Crippen MR) is 128 cm³/mol. The molecule has 1 saturated heterocycles. The summed E-state index contributed by atoms with van der Waals surface area (Å²) in [4.78, 5) is 17.1. The van der Waals surface area contributed by atoms with Gasteiger partial charge in [-0.1, -0.05) is 30.7 Å². The number of rotatable bonds is 6. The molecular formula is C24H27ClN4O3S. The number of nitrogens with zero attached hydrogens (tertiary/aromatic N) is 3. The number of sulfonamides is 1. The summed E-state index contributed by atoms with van der Waals surface area (Å²) in [6.45, 7) is 5.32. The summed E-state index contributed by atoms with van der Waals surface area (Å²) in [5.74, 6) is 0.986. The molecule has 0 unspecified atom stereocenters. The third kappa shape index (κ3) is 5.13. The minimum Gasteiger partial charge on any atom is -0.348 e. The zero-order valence-corrected chi connectivity index (χ0v) is 20.2. The molecule has 174 valence electrons. The van der Waals surface area contributed by atoms with Gasteiger partial charge in [-0.2, -0.15) is 4.31 Å². The van der Waals surface area contributed by atoms with Crippen LogP contribution < -0.4 is 5.32 Å². The van der Waals surface area contributed by atoms with Crippen molar-refractivity contribution in [3.63, 3.8) is 0 Å². The highest BCUT2D eigenvalue weighted by atomic mass is 35.5. The number of carbonyl (C=O) groups is 1. The van der Waals surface area contributed by atoms with Gasteiger partial charge in [-0.3, -0.25) is 4.79 Å². The Morgan fingerprint density at radius 3 is 2.48 bits per heavy atom. The molecule has 3 aromatic rings. The lowest BCUT2D eigenvalue weighted by Gasteiger charge is -2.29. The first-order valence-electron chi connectivity index (χ1n) is 10.9. The molecule has 1 amide bonds.